The minimum atomic E-state index is -0.335. The summed E-state index contributed by atoms with van der Waals surface area (Å²) in [7, 11) is 0. The molecule has 28 heavy (non-hydrogen) atoms. The highest BCUT2D eigenvalue weighted by atomic mass is 35.5. The van der Waals surface area contributed by atoms with E-state index in [0.29, 0.717) is 36.2 Å². The van der Waals surface area contributed by atoms with E-state index < -0.39 is 0 Å². The third kappa shape index (κ3) is 4.14. The molecule has 2 aromatic carbocycles. The molecule has 0 bridgehead atoms. The molecule has 0 saturated carbocycles. The molecule has 0 radical (unpaired) electrons. The van der Waals surface area contributed by atoms with E-state index in [9.17, 15) is 9.59 Å². The highest BCUT2D eigenvalue weighted by Gasteiger charge is 2.31. The number of halogens is 1. The number of para-hydroxylation sites is 2. The molecule has 2 aromatic rings. The maximum absolute atomic E-state index is 12.3. The second-order valence-electron chi connectivity index (χ2n) is 6.73. The van der Waals surface area contributed by atoms with E-state index in [1.807, 2.05) is 24.3 Å². The standard InChI is InChI=1S/C20H20ClN3O4/c21-13-5-7-15(8-6-13)24-11-14(9-19(24)25)23-20(26)22-10-16-12-27-17-3-1-2-4-18(17)28-16/h1-8,14,16H,9-12H2,(H2,22,23,26). The molecule has 1 fully saturated rings. The molecule has 8 heteroatoms. The van der Waals surface area contributed by atoms with E-state index in [4.69, 9.17) is 21.1 Å². The zero-order chi connectivity index (χ0) is 19.5. The van der Waals surface area contributed by atoms with Crippen LogP contribution >= 0.6 is 11.6 Å². The van der Waals surface area contributed by atoms with Crippen molar-refractivity contribution in [1.82, 2.24) is 10.6 Å². The Labute approximate surface area is 167 Å². The monoisotopic (exact) mass is 401 g/mol. The molecule has 3 amide bonds. The number of nitrogens with zero attached hydrogens (tertiary/aromatic N) is 1. The van der Waals surface area contributed by atoms with E-state index in [1.165, 1.54) is 0 Å². The average molecular weight is 402 g/mol. The Balaban J connectivity index is 1.25. The van der Waals surface area contributed by atoms with Gasteiger partial charge in [-0.25, -0.2) is 4.79 Å². The fraction of sp³-hybridized carbons (Fsp3) is 0.300. The first-order valence-electron chi connectivity index (χ1n) is 9.07. The summed E-state index contributed by atoms with van der Waals surface area (Å²) in [5.41, 5.74) is 0.769. The lowest BCUT2D eigenvalue weighted by Gasteiger charge is -2.26. The lowest BCUT2D eigenvalue weighted by Crippen LogP contribution is -2.47. The number of rotatable bonds is 4. The molecule has 2 aliphatic heterocycles. The van der Waals surface area contributed by atoms with Gasteiger partial charge in [0.2, 0.25) is 5.91 Å². The van der Waals surface area contributed by atoms with Crippen molar-refractivity contribution in [3.63, 3.8) is 0 Å². The third-order valence-electron chi connectivity index (χ3n) is 4.66. The van der Waals surface area contributed by atoms with Crippen LogP contribution in [0.25, 0.3) is 0 Å². The van der Waals surface area contributed by atoms with Crippen LogP contribution in [0.1, 0.15) is 6.42 Å². The number of ether oxygens (including phenoxy) is 2. The average Bonchev–Trinajstić information content (AvgIpc) is 3.06. The number of benzene rings is 2. The maximum atomic E-state index is 12.3. The van der Waals surface area contributed by atoms with Crippen molar-refractivity contribution < 1.29 is 19.1 Å². The highest BCUT2D eigenvalue weighted by Crippen LogP contribution is 2.30. The number of fused-ring (bicyclic) bond motifs is 1. The third-order valence-corrected chi connectivity index (χ3v) is 4.91. The van der Waals surface area contributed by atoms with Crippen molar-refractivity contribution in [3.8, 4) is 11.5 Å². The minimum Gasteiger partial charge on any atom is -0.486 e. The highest BCUT2D eigenvalue weighted by molar-refractivity contribution is 6.30. The Bertz CT molecular complexity index is 874. The lowest BCUT2D eigenvalue weighted by molar-refractivity contribution is -0.117. The number of carbonyl (C=O) groups excluding carboxylic acids is 2. The topological polar surface area (TPSA) is 79.9 Å². The Morgan fingerprint density at radius 3 is 2.68 bits per heavy atom. The summed E-state index contributed by atoms with van der Waals surface area (Å²) in [6.07, 6.45) is -0.0108. The van der Waals surface area contributed by atoms with E-state index in [2.05, 4.69) is 10.6 Å². The SMILES string of the molecule is O=C(NCC1COc2ccccc2O1)NC1CC(=O)N(c2ccc(Cl)cc2)C1. The molecule has 2 atom stereocenters. The molecule has 4 rings (SSSR count). The van der Waals surface area contributed by atoms with Crippen molar-refractivity contribution in [2.45, 2.75) is 18.6 Å². The van der Waals surface area contributed by atoms with Crippen LogP contribution in [0.3, 0.4) is 0 Å². The van der Waals surface area contributed by atoms with Gasteiger partial charge < -0.3 is 25.0 Å². The predicted octanol–water partition coefficient (Wildman–Crippen LogP) is 2.58. The number of hydrogen-bond acceptors (Lipinski definition) is 4. The minimum absolute atomic E-state index is 0.0340. The molecule has 7 nitrogen and oxygen atoms in total. The molecule has 0 aliphatic carbocycles. The van der Waals surface area contributed by atoms with Crippen LogP contribution in [0.4, 0.5) is 10.5 Å². The van der Waals surface area contributed by atoms with Crippen LogP contribution in [0, 0.1) is 0 Å². The molecular formula is C20H20ClN3O4. The number of urea groups is 1. The quantitative estimate of drug-likeness (QED) is 0.825. The molecule has 1 saturated heterocycles. The lowest BCUT2D eigenvalue weighted by atomic mass is 10.2. The predicted molar refractivity (Wildman–Crippen MR) is 105 cm³/mol. The summed E-state index contributed by atoms with van der Waals surface area (Å²) in [6, 6.07) is 13.9. The van der Waals surface area contributed by atoms with Gasteiger partial charge in [0.1, 0.15) is 6.61 Å². The van der Waals surface area contributed by atoms with E-state index in [-0.39, 0.29) is 30.5 Å². The summed E-state index contributed by atoms with van der Waals surface area (Å²) in [5, 5.41) is 6.24. The molecule has 2 aliphatic rings. The molecule has 2 heterocycles. The van der Waals surface area contributed by atoms with Crippen LogP contribution in [0.2, 0.25) is 5.02 Å². The molecule has 146 valence electrons. The van der Waals surface area contributed by atoms with Crippen LogP contribution in [-0.2, 0) is 4.79 Å². The van der Waals surface area contributed by atoms with Crippen molar-refractivity contribution in [2.75, 3.05) is 24.6 Å². The summed E-state index contributed by atoms with van der Waals surface area (Å²) >= 11 is 5.89. The Hall–Kier alpha value is -2.93. The Morgan fingerprint density at radius 1 is 1.14 bits per heavy atom. The van der Waals surface area contributed by atoms with Crippen LogP contribution in [-0.4, -0.2) is 43.8 Å². The van der Waals surface area contributed by atoms with Crippen molar-refractivity contribution in [1.29, 1.82) is 0 Å². The number of anilines is 1. The normalized spacial score (nSPS) is 20.8. The summed E-state index contributed by atoms with van der Waals surface area (Å²) in [4.78, 5) is 26.1. The number of amides is 3. The van der Waals surface area contributed by atoms with Gasteiger partial charge in [-0.05, 0) is 36.4 Å². The molecule has 2 unspecified atom stereocenters. The summed E-state index contributed by atoms with van der Waals surface area (Å²) in [5.74, 6) is 1.34. The summed E-state index contributed by atoms with van der Waals surface area (Å²) in [6.45, 7) is 1.09. The zero-order valence-corrected chi connectivity index (χ0v) is 15.8. The summed E-state index contributed by atoms with van der Waals surface area (Å²) < 4.78 is 11.4. The van der Waals surface area contributed by atoms with E-state index >= 15 is 0 Å². The molecule has 2 N–H and O–H groups in total. The second-order valence-corrected chi connectivity index (χ2v) is 7.17. The maximum Gasteiger partial charge on any atom is 0.315 e. The smallest absolute Gasteiger partial charge is 0.315 e. The van der Waals surface area contributed by atoms with Gasteiger partial charge >= 0.3 is 6.03 Å². The van der Waals surface area contributed by atoms with Gasteiger partial charge in [-0.2, -0.15) is 0 Å². The van der Waals surface area contributed by atoms with Crippen molar-refractivity contribution >= 4 is 29.2 Å². The Morgan fingerprint density at radius 2 is 1.89 bits per heavy atom. The Kier molecular flexibility index (Phi) is 5.25. The van der Waals surface area contributed by atoms with Gasteiger partial charge in [0.05, 0.1) is 12.6 Å². The van der Waals surface area contributed by atoms with Crippen LogP contribution in [0.5, 0.6) is 11.5 Å². The number of nitrogens with one attached hydrogen (secondary N) is 2. The second kappa shape index (κ2) is 7.98. The molecule has 0 aromatic heterocycles. The van der Waals surface area contributed by atoms with Crippen molar-refractivity contribution in [3.05, 3.63) is 53.6 Å². The van der Waals surface area contributed by atoms with Crippen LogP contribution in [0.15, 0.2) is 48.5 Å². The molecule has 0 spiro atoms. The number of carbonyl (C=O) groups is 2. The van der Waals surface area contributed by atoms with Crippen LogP contribution < -0.4 is 25.0 Å². The van der Waals surface area contributed by atoms with Gasteiger partial charge in [-0.3, -0.25) is 4.79 Å². The first-order valence-corrected chi connectivity index (χ1v) is 9.45. The molecular weight excluding hydrogens is 382 g/mol. The van der Waals surface area contributed by atoms with Crippen molar-refractivity contribution in [2.24, 2.45) is 0 Å². The van der Waals surface area contributed by atoms with Gasteiger partial charge in [-0.15, -0.1) is 0 Å². The van der Waals surface area contributed by atoms with Gasteiger partial charge in [0, 0.05) is 23.7 Å². The van der Waals surface area contributed by atoms with Gasteiger partial charge in [0.25, 0.3) is 0 Å². The zero-order valence-electron chi connectivity index (χ0n) is 15.1. The van der Waals surface area contributed by atoms with E-state index in [1.54, 1.807) is 29.2 Å². The first kappa shape index (κ1) is 18.4. The van der Waals surface area contributed by atoms with E-state index in [0.717, 1.165) is 5.69 Å². The largest absolute Gasteiger partial charge is 0.486 e. The fourth-order valence-corrected chi connectivity index (χ4v) is 3.41. The fourth-order valence-electron chi connectivity index (χ4n) is 3.28. The van der Waals surface area contributed by atoms with Gasteiger partial charge in [-0.1, -0.05) is 23.7 Å². The number of hydrogen-bond donors (Lipinski definition) is 2. The first-order chi connectivity index (χ1) is 13.6. The van der Waals surface area contributed by atoms with Gasteiger partial charge in [0.15, 0.2) is 17.6 Å².